The van der Waals surface area contributed by atoms with E-state index in [2.05, 4.69) is 47.6 Å². The molecule has 2 saturated carbocycles. The van der Waals surface area contributed by atoms with Crippen LogP contribution in [0.3, 0.4) is 0 Å². The Hall–Kier alpha value is -3.67. The predicted octanol–water partition coefficient (Wildman–Crippen LogP) is 10.5. The van der Waals surface area contributed by atoms with Gasteiger partial charge < -0.3 is 9.72 Å². The molecule has 252 valence electrons. The van der Waals surface area contributed by atoms with Gasteiger partial charge in [0.15, 0.2) is 0 Å². The molecule has 0 radical (unpaired) electrons. The zero-order valence-corrected chi connectivity index (χ0v) is 29.2. The lowest BCUT2D eigenvalue weighted by Crippen LogP contribution is -2.49. The number of nitrogens with one attached hydrogen (secondary N) is 1. The van der Waals surface area contributed by atoms with Crippen molar-refractivity contribution in [3.05, 3.63) is 71.3 Å². The average molecular weight is 645 g/mol. The second-order valence-electron chi connectivity index (χ2n) is 16.2. The fourth-order valence-corrected chi connectivity index (χ4v) is 9.62. The number of allylic oxidation sites excluding steroid dienone is 1. The number of H-pyrrole nitrogens is 1. The van der Waals surface area contributed by atoms with E-state index in [1.54, 1.807) is 11.1 Å². The van der Waals surface area contributed by atoms with Crippen LogP contribution in [0.2, 0.25) is 0 Å². The van der Waals surface area contributed by atoms with Crippen molar-refractivity contribution in [2.75, 3.05) is 6.54 Å². The van der Waals surface area contributed by atoms with Gasteiger partial charge in [-0.3, -0.25) is 9.89 Å². The van der Waals surface area contributed by atoms with E-state index in [0.717, 1.165) is 50.1 Å². The van der Waals surface area contributed by atoms with Crippen molar-refractivity contribution in [1.29, 1.82) is 0 Å². The Morgan fingerprint density at radius 1 is 0.875 bits per heavy atom. The Kier molecular flexibility index (Phi) is 8.33. The molecule has 0 unspecified atom stereocenters. The minimum Gasteiger partial charge on any atom is -0.444 e. The molecule has 2 aromatic carbocycles. The number of nitrogens with zero attached hydrogens (tertiary/aromatic N) is 3. The van der Waals surface area contributed by atoms with Crippen molar-refractivity contribution in [1.82, 2.24) is 14.9 Å². The number of hydrogen-bond donors (Lipinski definition) is 1. The second kappa shape index (κ2) is 12.7. The molecule has 3 heterocycles. The topological polar surface area (TPSA) is 70.6 Å². The van der Waals surface area contributed by atoms with E-state index in [1.807, 2.05) is 31.9 Å². The Balaban J connectivity index is 1.06. The fraction of sp³-hybridized carbons (Fsp3) is 0.548. The van der Waals surface area contributed by atoms with E-state index < -0.39 is 5.60 Å². The summed E-state index contributed by atoms with van der Waals surface area (Å²) >= 11 is 0. The Bertz CT molecular complexity index is 1730. The minimum atomic E-state index is -0.504. The van der Waals surface area contributed by atoms with E-state index in [9.17, 15) is 4.79 Å². The van der Waals surface area contributed by atoms with Crippen LogP contribution in [0.1, 0.15) is 139 Å². The second-order valence-corrected chi connectivity index (χ2v) is 16.2. The molecule has 2 aliphatic heterocycles. The SMILES string of the molecule is CC(C)(C)OC(=O)N1CCCC[C@H]1C1=NC=C(c2ccc(-c3ccc(-c4cnc(C5CCCCC5)[nH]4)cc3)c3c2CCC32CCCC2)C1. The van der Waals surface area contributed by atoms with Crippen LogP contribution >= 0.6 is 0 Å². The predicted molar refractivity (Wildman–Crippen MR) is 194 cm³/mol. The summed E-state index contributed by atoms with van der Waals surface area (Å²) in [6.07, 6.45) is 21.9. The number of aromatic amines is 1. The molecule has 6 heteroatoms. The highest BCUT2D eigenvalue weighted by Gasteiger charge is 2.44. The quantitative estimate of drug-likeness (QED) is 0.300. The first-order valence-corrected chi connectivity index (χ1v) is 18.9. The van der Waals surface area contributed by atoms with Crippen LogP contribution in [0.4, 0.5) is 4.79 Å². The van der Waals surface area contributed by atoms with Crippen molar-refractivity contribution in [3.8, 4) is 22.4 Å². The summed E-state index contributed by atoms with van der Waals surface area (Å²) < 4.78 is 5.82. The summed E-state index contributed by atoms with van der Waals surface area (Å²) in [5.74, 6) is 1.75. The molecule has 1 N–H and O–H groups in total. The number of aliphatic imine (C=N–C) groups is 1. The molecule has 48 heavy (non-hydrogen) atoms. The lowest BCUT2D eigenvalue weighted by atomic mass is 9.76. The third-order valence-corrected chi connectivity index (χ3v) is 12.0. The van der Waals surface area contributed by atoms with Crippen LogP contribution in [0.5, 0.6) is 0 Å². The molecule has 1 amide bonds. The summed E-state index contributed by atoms with van der Waals surface area (Å²) in [6.45, 7) is 6.57. The van der Waals surface area contributed by atoms with Crippen molar-refractivity contribution in [2.24, 2.45) is 4.99 Å². The summed E-state index contributed by atoms with van der Waals surface area (Å²) in [4.78, 5) is 28.6. The first kappa shape index (κ1) is 31.6. The smallest absolute Gasteiger partial charge is 0.410 e. The molecule has 5 aliphatic rings. The zero-order valence-electron chi connectivity index (χ0n) is 29.2. The normalized spacial score (nSPS) is 22.6. The van der Waals surface area contributed by atoms with Gasteiger partial charge in [-0.15, -0.1) is 0 Å². The number of piperidine rings is 1. The number of amides is 1. The van der Waals surface area contributed by atoms with Gasteiger partial charge in [0.2, 0.25) is 0 Å². The Labute approximate surface area is 286 Å². The molecule has 1 atom stereocenters. The van der Waals surface area contributed by atoms with Crippen LogP contribution in [-0.4, -0.2) is 44.9 Å². The third-order valence-electron chi connectivity index (χ3n) is 12.0. The number of hydrogen-bond acceptors (Lipinski definition) is 4. The first-order valence-electron chi connectivity index (χ1n) is 18.9. The molecule has 1 spiro atoms. The number of benzene rings is 2. The summed E-state index contributed by atoms with van der Waals surface area (Å²) in [7, 11) is 0. The minimum absolute atomic E-state index is 0.0166. The van der Waals surface area contributed by atoms with Crippen molar-refractivity contribution < 1.29 is 9.53 Å². The Morgan fingerprint density at radius 2 is 1.60 bits per heavy atom. The van der Waals surface area contributed by atoms with E-state index in [4.69, 9.17) is 14.7 Å². The number of imidazole rings is 1. The largest absolute Gasteiger partial charge is 0.444 e. The molecule has 3 fully saturated rings. The van der Waals surface area contributed by atoms with Crippen LogP contribution in [-0.2, 0) is 16.6 Å². The fourth-order valence-electron chi connectivity index (χ4n) is 9.62. The van der Waals surface area contributed by atoms with Gasteiger partial charge in [0.05, 0.1) is 17.9 Å². The van der Waals surface area contributed by atoms with Crippen LogP contribution in [0, 0.1) is 0 Å². The van der Waals surface area contributed by atoms with E-state index in [-0.39, 0.29) is 17.6 Å². The monoisotopic (exact) mass is 644 g/mol. The maximum absolute atomic E-state index is 13.2. The molecule has 3 aliphatic carbocycles. The van der Waals surface area contributed by atoms with Crippen LogP contribution in [0.15, 0.2) is 53.8 Å². The summed E-state index contributed by atoms with van der Waals surface area (Å²) in [5.41, 5.74) is 11.8. The number of likely N-dealkylation sites (tertiary alicyclic amines) is 1. The van der Waals surface area contributed by atoms with Gasteiger partial charge in [0.25, 0.3) is 0 Å². The highest BCUT2D eigenvalue weighted by atomic mass is 16.6. The first-order chi connectivity index (χ1) is 23.3. The van der Waals surface area contributed by atoms with E-state index >= 15 is 0 Å². The van der Waals surface area contributed by atoms with Gasteiger partial charge >= 0.3 is 6.09 Å². The highest BCUT2D eigenvalue weighted by Crippen LogP contribution is 2.55. The average Bonchev–Trinajstić information content (AvgIpc) is 3.93. The molecule has 1 saturated heterocycles. The molecule has 0 bridgehead atoms. The molecule has 1 aromatic heterocycles. The maximum atomic E-state index is 13.2. The number of ether oxygens (including phenoxy) is 1. The van der Waals surface area contributed by atoms with Crippen LogP contribution < -0.4 is 0 Å². The van der Waals surface area contributed by atoms with Gasteiger partial charge in [-0.2, -0.15) is 0 Å². The standard InChI is InChI=1S/C42H52N4O2/c1-41(2,3)48-40(47)46-24-10-7-13-37(46)35-25-31(26-43-35)32-18-19-33(38-34(32)20-23-42(38)21-8-9-22-42)28-14-16-29(17-15-28)36-27-44-39(45-36)30-11-5-4-6-12-30/h14-19,26-27,30,37H,4-13,20-25H2,1-3H3,(H,44,45)/t37-/m0/s1. The lowest BCUT2D eigenvalue weighted by molar-refractivity contribution is 0.0166. The van der Waals surface area contributed by atoms with Gasteiger partial charge in [-0.25, -0.2) is 9.78 Å². The summed E-state index contributed by atoms with van der Waals surface area (Å²) in [5, 5.41) is 0. The number of carbonyl (C=O) groups excluding carboxylic acids is 1. The number of fused-ring (bicyclic) bond motifs is 2. The number of rotatable bonds is 5. The summed E-state index contributed by atoms with van der Waals surface area (Å²) in [6, 6.07) is 14.0. The van der Waals surface area contributed by atoms with Crippen molar-refractivity contribution >= 4 is 17.4 Å². The van der Waals surface area contributed by atoms with Crippen molar-refractivity contribution in [3.63, 3.8) is 0 Å². The van der Waals surface area contributed by atoms with Gasteiger partial charge in [0.1, 0.15) is 11.4 Å². The number of aromatic nitrogens is 2. The molecular formula is C42H52N4O2. The number of carbonyl (C=O) groups is 1. The zero-order chi connectivity index (χ0) is 32.9. The van der Waals surface area contributed by atoms with Gasteiger partial charge in [-0.1, -0.05) is 68.5 Å². The highest BCUT2D eigenvalue weighted by molar-refractivity contribution is 6.03. The molecule has 8 rings (SSSR count). The van der Waals surface area contributed by atoms with E-state index in [1.165, 1.54) is 97.9 Å². The lowest BCUT2D eigenvalue weighted by Gasteiger charge is -2.37. The van der Waals surface area contributed by atoms with Gasteiger partial charge in [0, 0.05) is 30.8 Å². The van der Waals surface area contributed by atoms with Gasteiger partial charge in [-0.05, 0) is 123 Å². The maximum Gasteiger partial charge on any atom is 0.410 e. The third kappa shape index (κ3) is 5.94. The Morgan fingerprint density at radius 3 is 2.38 bits per heavy atom. The molecule has 3 aromatic rings. The van der Waals surface area contributed by atoms with E-state index in [0.29, 0.717) is 5.92 Å². The van der Waals surface area contributed by atoms with Crippen molar-refractivity contribution in [2.45, 2.75) is 140 Å². The molecular weight excluding hydrogens is 592 g/mol. The molecule has 6 nitrogen and oxygen atoms in total. The van der Waals surface area contributed by atoms with Crippen LogP contribution in [0.25, 0.3) is 28.0 Å².